The minimum atomic E-state index is -0.487. The lowest BCUT2D eigenvalue weighted by molar-refractivity contribution is -0.115. The molecule has 29 heavy (non-hydrogen) atoms. The normalized spacial score (nSPS) is 20.1. The molecule has 3 amide bonds. The number of thioether (sulfide) groups is 1. The van der Waals surface area contributed by atoms with Crippen LogP contribution >= 0.6 is 11.8 Å². The summed E-state index contributed by atoms with van der Waals surface area (Å²) < 4.78 is 11.7. The van der Waals surface area contributed by atoms with Gasteiger partial charge in [-0.1, -0.05) is 42.5 Å². The molecular formula is C21H18N2O5S. The van der Waals surface area contributed by atoms with Gasteiger partial charge in [0.1, 0.15) is 23.0 Å². The van der Waals surface area contributed by atoms with Gasteiger partial charge in [0, 0.05) is 5.56 Å². The molecule has 1 fully saturated rings. The average molecular weight is 410 g/mol. The molecule has 7 nitrogen and oxygen atoms in total. The van der Waals surface area contributed by atoms with Crippen LogP contribution in [0.1, 0.15) is 22.8 Å². The van der Waals surface area contributed by atoms with Gasteiger partial charge in [0.15, 0.2) is 6.23 Å². The van der Waals surface area contributed by atoms with E-state index in [1.54, 1.807) is 42.2 Å². The van der Waals surface area contributed by atoms with E-state index in [0.717, 1.165) is 11.8 Å². The molecule has 0 bridgehead atoms. The van der Waals surface area contributed by atoms with E-state index in [1.807, 2.05) is 24.3 Å². The van der Waals surface area contributed by atoms with Crippen LogP contribution in [-0.2, 0) is 9.53 Å². The molecule has 1 N–H and O–H groups in total. The highest BCUT2D eigenvalue weighted by Gasteiger charge is 2.32. The maximum atomic E-state index is 12.8. The second kappa shape index (κ2) is 8.00. The largest absolute Gasteiger partial charge is 0.490 e. The van der Waals surface area contributed by atoms with E-state index >= 15 is 0 Å². The number of imide groups is 1. The highest BCUT2D eigenvalue weighted by molar-refractivity contribution is 8.18. The molecule has 0 aromatic heterocycles. The van der Waals surface area contributed by atoms with E-state index in [4.69, 9.17) is 9.47 Å². The van der Waals surface area contributed by atoms with Gasteiger partial charge in [0.05, 0.1) is 12.1 Å². The van der Waals surface area contributed by atoms with Gasteiger partial charge in [0.2, 0.25) is 0 Å². The summed E-state index contributed by atoms with van der Waals surface area (Å²) in [5.74, 6) is 0.253. The summed E-state index contributed by atoms with van der Waals surface area (Å²) in [4.78, 5) is 38.3. The highest BCUT2D eigenvalue weighted by Crippen LogP contribution is 2.33. The lowest BCUT2D eigenvalue weighted by Crippen LogP contribution is -2.47. The van der Waals surface area contributed by atoms with Gasteiger partial charge in [-0.25, -0.2) is 0 Å². The molecule has 2 aromatic rings. The van der Waals surface area contributed by atoms with Crippen LogP contribution in [0.3, 0.4) is 0 Å². The van der Waals surface area contributed by atoms with Gasteiger partial charge in [0.25, 0.3) is 17.1 Å². The number of para-hydroxylation sites is 1. The molecular weight excluding hydrogens is 392 g/mol. The fourth-order valence-electron chi connectivity index (χ4n) is 3.18. The standard InChI is InChI=1S/C21H18N2O5S/c1-13-23(20(25)15-9-5-6-10-16(15)28-13)11-12-27-17(14-7-3-2-4-8-14)18-19(24)22-21(26)29-18/h2-10,13H,11-12H2,1H3,(H,22,24,26). The third-order valence-electron chi connectivity index (χ3n) is 4.55. The van der Waals surface area contributed by atoms with Crippen molar-refractivity contribution in [3.05, 3.63) is 70.6 Å². The van der Waals surface area contributed by atoms with E-state index in [2.05, 4.69) is 5.32 Å². The molecule has 1 atom stereocenters. The van der Waals surface area contributed by atoms with Crippen LogP contribution in [0, 0.1) is 0 Å². The number of carbonyl (C=O) groups is 3. The monoisotopic (exact) mass is 410 g/mol. The van der Waals surface area contributed by atoms with Crippen LogP contribution in [0.25, 0.3) is 5.76 Å². The fraction of sp³-hybridized carbons (Fsp3) is 0.190. The molecule has 2 heterocycles. The first-order valence-electron chi connectivity index (χ1n) is 9.07. The minimum Gasteiger partial charge on any atom is -0.490 e. The smallest absolute Gasteiger partial charge is 0.291 e. The van der Waals surface area contributed by atoms with Gasteiger partial charge >= 0.3 is 0 Å². The molecule has 1 saturated heterocycles. The van der Waals surface area contributed by atoms with Crippen LogP contribution in [0.5, 0.6) is 5.75 Å². The van der Waals surface area contributed by atoms with Crippen LogP contribution in [-0.4, -0.2) is 41.3 Å². The number of nitrogens with zero attached hydrogens (tertiary/aromatic N) is 1. The summed E-state index contributed by atoms with van der Waals surface area (Å²) in [6.07, 6.45) is -0.445. The lowest BCUT2D eigenvalue weighted by atomic mass is 10.1. The predicted octanol–water partition coefficient (Wildman–Crippen LogP) is 3.24. The van der Waals surface area contributed by atoms with Crippen LogP contribution < -0.4 is 10.1 Å². The Balaban J connectivity index is 1.52. The predicted molar refractivity (Wildman–Crippen MR) is 108 cm³/mol. The summed E-state index contributed by atoms with van der Waals surface area (Å²) in [6, 6.07) is 16.2. The molecule has 2 aliphatic heterocycles. The third kappa shape index (κ3) is 3.84. The molecule has 8 heteroatoms. The van der Waals surface area contributed by atoms with Crippen LogP contribution in [0.2, 0.25) is 0 Å². The van der Waals surface area contributed by atoms with E-state index in [9.17, 15) is 14.4 Å². The number of nitrogens with one attached hydrogen (secondary N) is 1. The van der Waals surface area contributed by atoms with E-state index < -0.39 is 17.4 Å². The summed E-state index contributed by atoms with van der Waals surface area (Å²) >= 11 is 0.804. The van der Waals surface area contributed by atoms with Crippen molar-refractivity contribution in [2.24, 2.45) is 0 Å². The van der Waals surface area contributed by atoms with E-state index in [0.29, 0.717) is 22.6 Å². The second-order valence-electron chi connectivity index (χ2n) is 6.43. The maximum absolute atomic E-state index is 12.8. The van der Waals surface area contributed by atoms with Crippen LogP contribution in [0.15, 0.2) is 59.5 Å². The van der Waals surface area contributed by atoms with Crippen molar-refractivity contribution in [1.29, 1.82) is 0 Å². The van der Waals surface area contributed by atoms with Gasteiger partial charge in [-0.15, -0.1) is 0 Å². The summed E-state index contributed by atoms with van der Waals surface area (Å²) in [5.41, 5.74) is 1.18. The van der Waals surface area contributed by atoms with Crippen LogP contribution in [0.4, 0.5) is 4.79 Å². The number of hydrogen-bond donors (Lipinski definition) is 1. The quantitative estimate of drug-likeness (QED) is 0.602. The van der Waals surface area contributed by atoms with Crippen molar-refractivity contribution < 1.29 is 23.9 Å². The summed E-state index contributed by atoms with van der Waals surface area (Å²) in [5, 5.41) is 1.81. The Hall–Kier alpha value is -3.26. The minimum absolute atomic E-state index is 0.136. The zero-order valence-corrected chi connectivity index (χ0v) is 16.4. The Labute approximate surface area is 171 Å². The average Bonchev–Trinajstić information content (AvgIpc) is 3.05. The molecule has 4 rings (SSSR count). The summed E-state index contributed by atoms with van der Waals surface area (Å²) in [6.45, 7) is 2.19. The number of fused-ring (bicyclic) bond motifs is 1. The number of carbonyl (C=O) groups excluding carboxylic acids is 3. The Morgan fingerprint density at radius 1 is 1.10 bits per heavy atom. The molecule has 2 aromatic carbocycles. The first-order chi connectivity index (χ1) is 14.0. The molecule has 0 radical (unpaired) electrons. The Morgan fingerprint density at radius 3 is 2.55 bits per heavy atom. The van der Waals surface area contributed by atoms with Crippen molar-refractivity contribution in [1.82, 2.24) is 10.2 Å². The first-order valence-corrected chi connectivity index (χ1v) is 9.88. The van der Waals surface area contributed by atoms with Crippen molar-refractivity contribution in [2.45, 2.75) is 13.2 Å². The molecule has 1 unspecified atom stereocenters. The lowest BCUT2D eigenvalue weighted by Gasteiger charge is -2.34. The van der Waals surface area contributed by atoms with Crippen molar-refractivity contribution in [2.75, 3.05) is 13.2 Å². The molecule has 0 spiro atoms. The second-order valence-corrected chi connectivity index (χ2v) is 7.41. The van der Waals surface area contributed by atoms with Crippen molar-refractivity contribution in [3.63, 3.8) is 0 Å². The van der Waals surface area contributed by atoms with E-state index in [1.165, 1.54) is 0 Å². The Morgan fingerprint density at radius 2 is 1.83 bits per heavy atom. The Kier molecular flexibility index (Phi) is 5.26. The number of rotatable bonds is 5. The first kappa shape index (κ1) is 19.1. The fourth-order valence-corrected chi connectivity index (χ4v) is 3.92. The van der Waals surface area contributed by atoms with Gasteiger partial charge in [-0.2, -0.15) is 0 Å². The zero-order valence-electron chi connectivity index (χ0n) is 15.6. The molecule has 148 valence electrons. The number of benzene rings is 2. The molecule has 0 aliphatic carbocycles. The third-order valence-corrected chi connectivity index (χ3v) is 5.41. The van der Waals surface area contributed by atoms with Gasteiger partial charge in [-0.05, 0) is 30.8 Å². The van der Waals surface area contributed by atoms with E-state index in [-0.39, 0.29) is 24.0 Å². The SMILES string of the molecule is CC1Oc2ccccc2C(=O)N1CCOC(=C1SC(=O)NC1=O)c1ccccc1. The number of hydrogen-bond acceptors (Lipinski definition) is 6. The van der Waals surface area contributed by atoms with Gasteiger partial charge < -0.3 is 9.47 Å². The van der Waals surface area contributed by atoms with Crippen molar-refractivity contribution >= 4 is 34.6 Å². The summed E-state index contributed by atoms with van der Waals surface area (Å²) in [7, 11) is 0. The van der Waals surface area contributed by atoms with Crippen molar-refractivity contribution in [3.8, 4) is 5.75 Å². The zero-order chi connectivity index (χ0) is 20.4. The highest BCUT2D eigenvalue weighted by atomic mass is 32.2. The Bertz CT molecular complexity index is 1010. The number of ether oxygens (including phenoxy) is 2. The molecule has 0 saturated carbocycles. The number of amides is 3. The topological polar surface area (TPSA) is 84.9 Å². The molecule has 2 aliphatic rings. The van der Waals surface area contributed by atoms with Gasteiger partial charge in [-0.3, -0.25) is 24.6 Å². The maximum Gasteiger partial charge on any atom is 0.291 e.